The first-order valence-electron chi connectivity index (χ1n) is 7.58. The summed E-state index contributed by atoms with van der Waals surface area (Å²) < 4.78 is 5.79. The number of hydrogen-bond donors (Lipinski definition) is 2. The van der Waals surface area contributed by atoms with E-state index in [1.54, 1.807) is 24.3 Å². The van der Waals surface area contributed by atoms with E-state index in [4.69, 9.17) is 16.2 Å². The lowest BCUT2D eigenvalue weighted by molar-refractivity contribution is 0.103. The van der Waals surface area contributed by atoms with Gasteiger partial charge in [0.05, 0.1) is 11.4 Å². The van der Waals surface area contributed by atoms with Crippen LogP contribution >= 0.6 is 0 Å². The van der Waals surface area contributed by atoms with Crippen LogP contribution in [0.5, 0.6) is 11.5 Å². The molecule has 0 saturated carbocycles. The smallest absolute Gasteiger partial charge is 0.195 e. The summed E-state index contributed by atoms with van der Waals surface area (Å²) in [6.45, 7) is 1.98. The van der Waals surface area contributed by atoms with Gasteiger partial charge in [0.2, 0.25) is 0 Å². The summed E-state index contributed by atoms with van der Waals surface area (Å²) in [7, 11) is 0. The zero-order valence-corrected chi connectivity index (χ0v) is 13.3. The van der Waals surface area contributed by atoms with Crippen LogP contribution in [0.4, 0.5) is 11.4 Å². The average molecular weight is 318 g/mol. The maximum absolute atomic E-state index is 12.6. The summed E-state index contributed by atoms with van der Waals surface area (Å²) in [6.07, 6.45) is 0. The summed E-state index contributed by atoms with van der Waals surface area (Å²) in [5, 5.41) is 0. The van der Waals surface area contributed by atoms with Crippen molar-refractivity contribution in [2.45, 2.75) is 6.92 Å². The van der Waals surface area contributed by atoms with Crippen LogP contribution in [-0.4, -0.2) is 5.78 Å². The third-order valence-electron chi connectivity index (χ3n) is 3.75. The van der Waals surface area contributed by atoms with Crippen LogP contribution < -0.4 is 16.2 Å². The highest BCUT2D eigenvalue weighted by atomic mass is 16.5. The van der Waals surface area contributed by atoms with Crippen molar-refractivity contribution in [3.8, 4) is 11.5 Å². The summed E-state index contributed by atoms with van der Waals surface area (Å²) in [6, 6.07) is 19.9. The van der Waals surface area contributed by atoms with Gasteiger partial charge in [-0.05, 0) is 36.8 Å². The van der Waals surface area contributed by atoms with Crippen LogP contribution in [0.25, 0.3) is 0 Å². The first-order chi connectivity index (χ1) is 11.6. The van der Waals surface area contributed by atoms with Crippen LogP contribution in [0.15, 0.2) is 66.7 Å². The molecule has 3 rings (SSSR count). The molecule has 4 N–H and O–H groups in total. The lowest BCUT2D eigenvalue weighted by Gasteiger charge is -2.13. The summed E-state index contributed by atoms with van der Waals surface area (Å²) in [4.78, 5) is 12.6. The second-order valence-electron chi connectivity index (χ2n) is 5.55. The number of nitrogens with two attached hydrogens (primary N) is 2. The Morgan fingerprint density at radius 2 is 1.62 bits per heavy atom. The molecule has 0 aliphatic heterocycles. The van der Waals surface area contributed by atoms with Crippen molar-refractivity contribution in [2.24, 2.45) is 0 Å². The standard InChI is InChI=1S/C20H18N2O2/c1-13-6-5-9-15(12-13)24-17-11-10-16(18(21)19(17)22)20(23)14-7-3-2-4-8-14/h2-12H,21-22H2,1H3. The molecule has 24 heavy (non-hydrogen) atoms. The van der Waals surface area contributed by atoms with Crippen molar-refractivity contribution in [3.05, 3.63) is 83.4 Å². The minimum Gasteiger partial charge on any atom is -0.455 e. The highest BCUT2D eigenvalue weighted by molar-refractivity contribution is 6.13. The molecule has 0 saturated heterocycles. The number of anilines is 2. The second kappa shape index (κ2) is 6.46. The molecule has 0 unspecified atom stereocenters. The predicted octanol–water partition coefficient (Wildman–Crippen LogP) is 4.18. The molecule has 0 aliphatic rings. The Kier molecular flexibility index (Phi) is 4.20. The Hall–Kier alpha value is -3.27. The van der Waals surface area contributed by atoms with Crippen LogP contribution in [0, 0.1) is 6.92 Å². The summed E-state index contributed by atoms with van der Waals surface area (Å²) in [5.41, 5.74) is 14.7. The largest absolute Gasteiger partial charge is 0.455 e. The molecule has 0 fully saturated rings. The topological polar surface area (TPSA) is 78.3 Å². The lowest BCUT2D eigenvalue weighted by atomic mass is 10.0. The third kappa shape index (κ3) is 3.08. The Labute approximate surface area is 140 Å². The van der Waals surface area contributed by atoms with Crippen LogP contribution in [-0.2, 0) is 0 Å². The van der Waals surface area contributed by atoms with Gasteiger partial charge < -0.3 is 16.2 Å². The van der Waals surface area contributed by atoms with Gasteiger partial charge >= 0.3 is 0 Å². The summed E-state index contributed by atoms with van der Waals surface area (Å²) >= 11 is 0. The molecule has 0 atom stereocenters. The van der Waals surface area contributed by atoms with Crippen LogP contribution in [0.2, 0.25) is 0 Å². The molecule has 3 aromatic carbocycles. The van der Waals surface area contributed by atoms with E-state index in [1.807, 2.05) is 49.4 Å². The predicted molar refractivity (Wildman–Crippen MR) is 96.4 cm³/mol. The minimum absolute atomic E-state index is 0.165. The van der Waals surface area contributed by atoms with Crippen molar-refractivity contribution >= 4 is 17.2 Å². The highest BCUT2D eigenvalue weighted by Gasteiger charge is 2.17. The number of ether oxygens (including phenoxy) is 1. The number of hydrogen-bond acceptors (Lipinski definition) is 4. The first-order valence-corrected chi connectivity index (χ1v) is 7.58. The van der Waals surface area contributed by atoms with Crippen molar-refractivity contribution in [1.82, 2.24) is 0 Å². The zero-order chi connectivity index (χ0) is 17.1. The van der Waals surface area contributed by atoms with Crippen molar-refractivity contribution in [3.63, 3.8) is 0 Å². The molecule has 0 radical (unpaired) electrons. The molecular formula is C20H18N2O2. The number of rotatable bonds is 4. The molecule has 0 amide bonds. The molecule has 4 heteroatoms. The fourth-order valence-corrected chi connectivity index (χ4v) is 2.45. The molecule has 120 valence electrons. The third-order valence-corrected chi connectivity index (χ3v) is 3.75. The number of carbonyl (C=O) groups excluding carboxylic acids is 1. The first kappa shape index (κ1) is 15.6. The van der Waals surface area contributed by atoms with Gasteiger partial charge in [-0.2, -0.15) is 0 Å². The zero-order valence-electron chi connectivity index (χ0n) is 13.3. The van der Waals surface area contributed by atoms with Crippen molar-refractivity contribution in [1.29, 1.82) is 0 Å². The quantitative estimate of drug-likeness (QED) is 0.558. The normalized spacial score (nSPS) is 10.4. The van der Waals surface area contributed by atoms with Crippen LogP contribution in [0.3, 0.4) is 0 Å². The van der Waals surface area contributed by atoms with Gasteiger partial charge in [0.1, 0.15) is 5.75 Å². The van der Waals surface area contributed by atoms with Gasteiger partial charge in [0.15, 0.2) is 11.5 Å². The Morgan fingerprint density at radius 1 is 0.875 bits per heavy atom. The van der Waals surface area contributed by atoms with Gasteiger partial charge in [0.25, 0.3) is 0 Å². The molecule has 0 spiro atoms. The highest BCUT2D eigenvalue weighted by Crippen LogP contribution is 2.35. The number of carbonyl (C=O) groups is 1. The second-order valence-corrected chi connectivity index (χ2v) is 5.55. The average Bonchev–Trinajstić information content (AvgIpc) is 2.59. The maximum Gasteiger partial charge on any atom is 0.195 e. The maximum atomic E-state index is 12.6. The Balaban J connectivity index is 1.93. The van der Waals surface area contributed by atoms with Crippen LogP contribution in [0.1, 0.15) is 21.5 Å². The SMILES string of the molecule is Cc1cccc(Oc2ccc(C(=O)c3ccccc3)c(N)c2N)c1. The lowest BCUT2D eigenvalue weighted by Crippen LogP contribution is -2.08. The van der Waals surface area contributed by atoms with Gasteiger partial charge in [0, 0.05) is 11.1 Å². The van der Waals surface area contributed by atoms with E-state index in [1.165, 1.54) is 0 Å². The fraction of sp³-hybridized carbons (Fsp3) is 0.0500. The van der Waals surface area contributed by atoms with Gasteiger partial charge in [-0.1, -0.05) is 42.5 Å². The van der Waals surface area contributed by atoms with Crippen molar-refractivity contribution < 1.29 is 9.53 Å². The Morgan fingerprint density at radius 3 is 2.33 bits per heavy atom. The van der Waals surface area contributed by atoms with E-state index in [2.05, 4.69) is 0 Å². The molecule has 0 bridgehead atoms. The van der Waals surface area contributed by atoms with Gasteiger partial charge in [-0.3, -0.25) is 4.79 Å². The molecule has 4 nitrogen and oxygen atoms in total. The van der Waals surface area contributed by atoms with Gasteiger partial charge in [-0.25, -0.2) is 0 Å². The van der Waals surface area contributed by atoms with Crippen molar-refractivity contribution in [2.75, 3.05) is 11.5 Å². The molecule has 0 aromatic heterocycles. The van der Waals surface area contributed by atoms with E-state index < -0.39 is 0 Å². The van der Waals surface area contributed by atoms with E-state index in [9.17, 15) is 4.79 Å². The monoisotopic (exact) mass is 318 g/mol. The number of nitrogen functional groups attached to an aromatic ring is 2. The molecule has 0 aliphatic carbocycles. The van der Waals surface area contributed by atoms with E-state index in [0.717, 1.165) is 5.56 Å². The molecule has 3 aromatic rings. The van der Waals surface area contributed by atoms with E-state index in [-0.39, 0.29) is 17.2 Å². The summed E-state index contributed by atoms with van der Waals surface area (Å²) in [5.74, 6) is 0.938. The van der Waals surface area contributed by atoms with Gasteiger partial charge in [-0.15, -0.1) is 0 Å². The fourth-order valence-electron chi connectivity index (χ4n) is 2.45. The molecular weight excluding hydrogens is 300 g/mol. The van der Waals surface area contributed by atoms with E-state index >= 15 is 0 Å². The minimum atomic E-state index is -0.165. The Bertz CT molecular complexity index is 889. The number of benzene rings is 3. The number of ketones is 1. The van der Waals surface area contributed by atoms with E-state index in [0.29, 0.717) is 22.6 Å². The number of aryl methyl sites for hydroxylation is 1. The molecule has 0 heterocycles.